The summed E-state index contributed by atoms with van der Waals surface area (Å²) in [7, 11) is 0. The van der Waals surface area contributed by atoms with Gasteiger partial charge in [0.15, 0.2) is 0 Å². The molecule has 0 N–H and O–H groups in total. The molecule has 3 nitrogen and oxygen atoms in total. The first-order valence-electron chi connectivity index (χ1n) is 8.67. The monoisotopic (exact) mass is 398 g/mol. The van der Waals surface area contributed by atoms with Crippen molar-refractivity contribution in [2.75, 3.05) is 32.7 Å². The number of nitrogens with zero attached hydrogens (tertiary/aromatic N) is 2. The van der Waals surface area contributed by atoms with E-state index in [0.29, 0.717) is 6.42 Å². The molecule has 0 aliphatic carbocycles. The van der Waals surface area contributed by atoms with Crippen molar-refractivity contribution in [2.45, 2.75) is 6.42 Å². The number of amides is 1. The maximum absolute atomic E-state index is 12.5. The van der Waals surface area contributed by atoms with Gasteiger partial charge in [-0.25, -0.2) is 0 Å². The minimum Gasteiger partial charge on any atom is -0.340 e. The van der Waals surface area contributed by atoms with Crippen LogP contribution in [0.15, 0.2) is 65.1 Å². The molecule has 0 radical (unpaired) electrons. The molecule has 130 valence electrons. The highest BCUT2D eigenvalue weighted by Crippen LogP contribution is 2.13. The Morgan fingerprint density at radius 3 is 2.48 bits per heavy atom. The molecular weight excluding hydrogens is 376 g/mol. The molecule has 1 aliphatic heterocycles. The van der Waals surface area contributed by atoms with Gasteiger partial charge in [-0.3, -0.25) is 9.69 Å². The van der Waals surface area contributed by atoms with Gasteiger partial charge >= 0.3 is 0 Å². The van der Waals surface area contributed by atoms with Crippen molar-refractivity contribution in [3.63, 3.8) is 0 Å². The Morgan fingerprint density at radius 1 is 1.00 bits per heavy atom. The van der Waals surface area contributed by atoms with Gasteiger partial charge in [-0.2, -0.15) is 0 Å². The number of carbonyl (C=O) groups excluding carboxylic acids is 1. The van der Waals surface area contributed by atoms with E-state index in [-0.39, 0.29) is 5.91 Å². The van der Waals surface area contributed by atoms with E-state index in [4.69, 9.17) is 0 Å². The fourth-order valence-corrected chi connectivity index (χ4v) is 3.46. The van der Waals surface area contributed by atoms with Gasteiger partial charge in [0.25, 0.3) is 0 Å². The van der Waals surface area contributed by atoms with Crippen LogP contribution >= 0.6 is 15.9 Å². The maximum atomic E-state index is 12.5. The number of hydrogen-bond acceptors (Lipinski definition) is 2. The van der Waals surface area contributed by atoms with Crippen molar-refractivity contribution in [1.29, 1.82) is 0 Å². The number of piperazine rings is 1. The van der Waals surface area contributed by atoms with Crippen LogP contribution in [0, 0.1) is 0 Å². The van der Waals surface area contributed by atoms with Crippen molar-refractivity contribution in [1.82, 2.24) is 9.80 Å². The first kappa shape index (κ1) is 17.9. The normalized spacial score (nSPS) is 15.6. The molecule has 1 fully saturated rings. The average Bonchev–Trinajstić information content (AvgIpc) is 2.63. The Hall–Kier alpha value is -1.91. The molecule has 0 atom stereocenters. The molecule has 1 amide bonds. The number of hydrogen-bond donors (Lipinski definition) is 0. The van der Waals surface area contributed by atoms with Crippen LogP contribution in [0.25, 0.3) is 6.08 Å². The lowest BCUT2D eigenvalue weighted by molar-refractivity contribution is -0.132. The summed E-state index contributed by atoms with van der Waals surface area (Å²) in [6, 6.07) is 18.3. The molecule has 0 aromatic heterocycles. The molecule has 1 aliphatic rings. The van der Waals surface area contributed by atoms with Gasteiger partial charge in [-0.15, -0.1) is 0 Å². The van der Waals surface area contributed by atoms with E-state index in [9.17, 15) is 4.79 Å². The second-order valence-corrected chi connectivity index (χ2v) is 7.22. The fourth-order valence-electron chi connectivity index (χ4n) is 3.02. The number of halogens is 1. The molecule has 2 aromatic carbocycles. The smallest absolute Gasteiger partial charge is 0.227 e. The molecule has 0 spiro atoms. The molecule has 25 heavy (non-hydrogen) atoms. The van der Waals surface area contributed by atoms with E-state index >= 15 is 0 Å². The summed E-state index contributed by atoms with van der Waals surface area (Å²) >= 11 is 3.46. The van der Waals surface area contributed by atoms with Crippen molar-refractivity contribution in [3.05, 3.63) is 76.3 Å². The highest BCUT2D eigenvalue weighted by atomic mass is 79.9. The fraction of sp³-hybridized carbons (Fsp3) is 0.286. The van der Waals surface area contributed by atoms with Gasteiger partial charge in [0.1, 0.15) is 0 Å². The Labute approximate surface area is 158 Å². The third kappa shape index (κ3) is 5.55. The molecule has 0 saturated carbocycles. The molecule has 2 aromatic rings. The standard InChI is InChI=1S/C21H23BrN2O/c22-20-10-4-8-19(16-20)17-21(25)24-14-12-23(13-15-24)11-5-9-18-6-2-1-3-7-18/h1-10,16H,11-15,17H2/b9-5+. The summed E-state index contributed by atoms with van der Waals surface area (Å²) in [5.74, 6) is 0.220. The second-order valence-electron chi connectivity index (χ2n) is 6.30. The van der Waals surface area contributed by atoms with Crippen LogP contribution in [0.5, 0.6) is 0 Å². The van der Waals surface area contributed by atoms with E-state index < -0.39 is 0 Å². The largest absolute Gasteiger partial charge is 0.340 e. The van der Waals surface area contributed by atoms with Crippen molar-refractivity contribution in [3.8, 4) is 0 Å². The molecule has 1 saturated heterocycles. The lowest BCUT2D eigenvalue weighted by Crippen LogP contribution is -2.49. The highest BCUT2D eigenvalue weighted by Gasteiger charge is 2.20. The number of benzene rings is 2. The van der Waals surface area contributed by atoms with E-state index in [2.05, 4.69) is 57.2 Å². The van der Waals surface area contributed by atoms with Gasteiger partial charge in [0.2, 0.25) is 5.91 Å². The van der Waals surface area contributed by atoms with Crippen LogP contribution in [0.3, 0.4) is 0 Å². The van der Waals surface area contributed by atoms with Gasteiger partial charge in [-0.05, 0) is 23.3 Å². The zero-order valence-corrected chi connectivity index (χ0v) is 15.9. The Morgan fingerprint density at radius 2 is 1.76 bits per heavy atom. The van der Waals surface area contributed by atoms with Crippen molar-refractivity contribution in [2.24, 2.45) is 0 Å². The van der Waals surface area contributed by atoms with E-state index in [1.54, 1.807) is 0 Å². The van der Waals surface area contributed by atoms with Crippen LogP contribution in [0.1, 0.15) is 11.1 Å². The zero-order valence-electron chi connectivity index (χ0n) is 14.3. The molecule has 3 rings (SSSR count). The van der Waals surface area contributed by atoms with Crippen molar-refractivity contribution < 1.29 is 4.79 Å². The third-order valence-corrected chi connectivity index (χ3v) is 4.94. The molecule has 0 bridgehead atoms. The van der Waals surface area contributed by atoms with E-state index in [0.717, 1.165) is 42.8 Å². The molecule has 1 heterocycles. The first-order chi connectivity index (χ1) is 12.2. The van der Waals surface area contributed by atoms with Gasteiger partial charge < -0.3 is 4.90 Å². The molecule has 4 heteroatoms. The molecular formula is C21H23BrN2O. The average molecular weight is 399 g/mol. The summed E-state index contributed by atoms with van der Waals surface area (Å²) in [6.07, 6.45) is 4.84. The van der Waals surface area contributed by atoms with Crippen LogP contribution in [-0.4, -0.2) is 48.4 Å². The third-order valence-electron chi connectivity index (χ3n) is 4.44. The van der Waals surface area contributed by atoms with Gasteiger partial charge in [-0.1, -0.05) is 70.5 Å². The minimum atomic E-state index is 0.220. The number of carbonyl (C=O) groups is 1. The Balaban J connectivity index is 1.43. The van der Waals surface area contributed by atoms with Crippen LogP contribution in [0.4, 0.5) is 0 Å². The Bertz CT molecular complexity index is 722. The number of rotatable bonds is 5. The summed E-state index contributed by atoms with van der Waals surface area (Å²) in [5, 5.41) is 0. The summed E-state index contributed by atoms with van der Waals surface area (Å²) < 4.78 is 1.02. The lowest BCUT2D eigenvalue weighted by Gasteiger charge is -2.34. The quantitative estimate of drug-likeness (QED) is 0.763. The zero-order chi connectivity index (χ0) is 17.5. The van der Waals surface area contributed by atoms with Crippen molar-refractivity contribution >= 4 is 27.9 Å². The topological polar surface area (TPSA) is 23.6 Å². The lowest BCUT2D eigenvalue weighted by atomic mass is 10.1. The minimum absolute atomic E-state index is 0.220. The van der Waals surface area contributed by atoms with Crippen LogP contribution in [-0.2, 0) is 11.2 Å². The predicted octanol–water partition coefficient (Wildman–Crippen LogP) is 3.85. The van der Waals surface area contributed by atoms with Crippen LogP contribution in [0.2, 0.25) is 0 Å². The summed E-state index contributed by atoms with van der Waals surface area (Å²) in [4.78, 5) is 16.8. The first-order valence-corrected chi connectivity index (χ1v) is 9.46. The van der Waals surface area contributed by atoms with E-state index in [1.807, 2.05) is 35.2 Å². The van der Waals surface area contributed by atoms with E-state index in [1.165, 1.54) is 5.56 Å². The van der Waals surface area contributed by atoms with Crippen LogP contribution < -0.4 is 0 Å². The predicted molar refractivity (Wildman–Crippen MR) is 106 cm³/mol. The Kier molecular flexibility index (Phi) is 6.42. The maximum Gasteiger partial charge on any atom is 0.227 e. The second kappa shape index (κ2) is 8.97. The SMILES string of the molecule is O=C(Cc1cccc(Br)c1)N1CCN(C/C=C/c2ccccc2)CC1. The van der Waals surface area contributed by atoms with Gasteiger partial charge in [0.05, 0.1) is 6.42 Å². The van der Waals surface area contributed by atoms with Gasteiger partial charge in [0, 0.05) is 37.2 Å². The molecule has 0 unspecified atom stereocenters. The summed E-state index contributed by atoms with van der Waals surface area (Å²) in [6.45, 7) is 4.42. The summed E-state index contributed by atoms with van der Waals surface area (Å²) in [5.41, 5.74) is 2.29. The highest BCUT2D eigenvalue weighted by molar-refractivity contribution is 9.10.